The van der Waals surface area contributed by atoms with E-state index in [4.69, 9.17) is 0 Å². The van der Waals surface area contributed by atoms with Gasteiger partial charge >= 0.3 is 0 Å². The Morgan fingerprint density at radius 2 is 1.78 bits per heavy atom. The molecular weight excluding hydrogens is 228 g/mol. The number of rotatable bonds is 7. The quantitative estimate of drug-likeness (QED) is 0.574. The van der Waals surface area contributed by atoms with Gasteiger partial charge in [0.15, 0.2) is 0 Å². The standard InChI is InChI=1S/C14H20N2O2/c1-2-3-7-10-15-13(17)11-14(18)16-12-8-5-4-6-9-12/h4-6,8-9H,2-3,7,10-11H2,1H3,(H,15,17)(H,16,18). The van der Waals surface area contributed by atoms with Gasteiger partial charge in [0.1, 0.15) is 6.42 Å². The van der Waals surface area contributed by atoms with Crippen molar-refractivity contribution >= 4 is 17.5 Å². The van der Waals surface area contributed by atoms with E-state index in [1.807, 2.05) is 18.2 Å². The molecule has 1 rings (SSSR count). The molecule has 0 aliphatic heterocycles. The van der Waals surface area contributed by atoms with Crippen LogP contribution in [-0.2, 0) is 9.59 Å². The third-order valence-corrected chi connectivity index (χ3v) is 2.48. The maximum absolute atomic E-state index is 11.5. The summed E-state index contributed by atoms with van der Waals surface area (Å²) in [5.74, 6) is -0.506. The molecule has 0 heterocycles. The smallest absolute Gasteiger partial charge is 0.233 e. The highest BCUT2D eigenvalue weighted by Crippen LogP contribution is 2.05. The molecule has 2 N–H and O–H groups in total. The van der Waals surface area contributed by atoms with Crippen molar-refractivity contribution in [1.82, 2.24) is 5.32 Å². The van der Waals surface area contributed by atoms with E-state index in [9.17, 15) is 9.59 Å². The van der Waals surface area contributed by atoms with Gasteiger partial charge in [-0.15, -0.1) is 0 Å². The van der Waals surface area contributed by atoms with Crippen LogP contribution in [0, 0.1) is 0 Å². The van der Waals surface area contributed by atoms with Crippen LogP contribution in [0.1, 0.15) is 32.6 Å². The van der Waals surface area contributed by atoms with E-state index in [1.54, 1.807) is 12.1 Å². The molecule has 0 unspecified atom stereocenters. The number of carbonyl (C=O) groups excluding carboxylic acids is 2. The van der Waals surface area contributed by atoms with Crippen LogP contribution < -0.4 is 10.6 Å². The second-order valence-electron chi connectivity index (χ2n) is 4.15. The minimum absolute atomic E-state index is 0.124. The minimum Gasteiger partial charge on any atom is -0.356 e. The predicted molar refractivity (Wildman–Crippen MR) is 72.2 cm³/mol. The summed E-state index contributed by atoms with van der Waals surface area (Å²) in [7, 11) is 0. The van der Waals surface area contributed by atoms with Crippen LogP contribution in [0.5, 0.6) is 0 Å². The zero-order chi connectivity index (χ0) is 13.2. The topological polar surface area (TPSA) is 58.2 Å². The van der Waals surface area contributed by atoms with Crippen LogP contribution in [0.15, 0.2) is 30.3 Å². The Kier molecular flexibility index (Phi) is 6.54. The SMILES string of the molecule is CCCCCNC(=O)CC(=O)Nc1ccccc1. The fraction of sp³-hybridized carbons (Fsp3) is 0.429. The van der Waals surface area contributed by atoms with Crippen LogP contribution >= 0.6 is 0 Å². The first kappa shape index (κ1) is 14.2. The lowest BCUT2D eigenvalue weighted by atomic mass is 10.2. The van der Waals surface area contributed by atoms with Gasteiger partial charge in [-0.05, 0) is 18.6 Å². The van der Waals surface area contributed by atoms with Gasteiger partial charge in [0.2, 0.25) is 11.8 Å². The maximum Gasteiger partial charge on any atom is 0.233 e. The van der Waals surface area contributed by atoms with Gasteiger partial charge in [-0.3, -0.25) is 9.59 Å². The van der Waals surface area contributed by atoms with Crippen molar-refractivity contribution in [3.8, 4) is 0 Å². The van der Waals surface area contributed by atoms with Crippen molar-refractivity contribution in [1.29, 1.82) is 0 Å². The number of unbranched alkanes of at least 4 members (excludes halogenated alkanes) is 2. The van der Waals surface area contributed by atoms with Crippen molar-refractivity contribution in [3.63, 3.8) is 0 Å². The summed E-state index contributed by atoms with van der Waals surface area (Å²) in [6.07, 6.45) is 3.05. The summed E-state index contributed by atoms with van der Waals surface area (Å²) in [6, 6.07) is 9.12. The molecule has 0 saturated heterocycles. The van der Waals surface area contributed by atoms with E-state index in [-0.39, 0.29) is 18.2 Å². The first-order chi connectivity index (χ1) is 8.72. The van der Waals surface area contributed by atoms with Gasteiger partial charge < -0.3 is 10.6 Å². The van der Waals surface area contributed by atoms with E-state index >= 15 is 0 Å². The lowest BCUT2D eigenvalue weighted by Gasteiger charge is -2.06. The van der Waals surface area contributed by atoms with Gasteiger partial charge in [-0.2, -0.15) is 0 Å². The highest BCUT2D eigenvalue weighted by Gasteiger charge is 2.08. The molecule has 1 aromatic carbocycles. The molecular formula is C14H20N2O2. The molecule has 0 spiro atoms. The largest absolute Gasteiger partial charge is 0.356 e. The highest BCUT2D eigenvalue weighted by atomic mass is 16.2. The molecule has 2 amide bonds. The average Bonchev–Trinajstić information content (AvgIpc) is 2.35. The van der Waals surface area contributed by atoms with Crippen molar-refractivity contribution in [3.05, 3.63) is 30.3 Å². The fourth-order valence-corrected chi connectivity index (χ4v) is 1.54. The Morgan fingerprint density at radius 3 is 2.44 bits per heavy atom. The molecule has 98 valence electrons. The Balaban J connectivity index is 2.21. The number of amides is 2. The minimum atomic E-state index is -0.283. The Bertz CT molecular complexity index is 377. The number of hydrogen-bond donors (Lipinski definition) is 2. The molecule has 0 aliphatic carbocycles. The Labute approximate surface area is 108 Å². The van der Waals surface area contributed by atoms with E-state index in [2.05, 4.69) is 17.6 Å². The molecule has 0 radical (unpaired) electrons. The molecule has 18 heavy (non-hydrogen) atoms. The first-order valence-corrected chi connectivity index (χ1v) is 6.34. The molecule has 0 fully saturated rings. The number of benzene rings is 1. The summed E-state index contributed by atoms with van der Waals surface area (Å²) in [4.78, 5) is 23.0. The van der Waals surface area contributed by atoms with Gasteiger partial charge in [-0.1, -0.05) is 38.0 Å². The van der Waals surface area contributed by atoms with E-state index in [1.165, 1.54) is 0 Å². The van der Waals surface area contributed by atoms with Gasteiger partial charge in [0.05, 0.1) is 0 Å². The molecule has 1 aromatic rings. The third-order valence-electron chi connectivity index (χ3n) is 2.48. The van der Waals surface area contributed by atoms with Crippen molar-refractivity contribution in [2.75, 3.05) is 11.9 Å². The van der Waals surface area contributed by atoms with Gasteiger partial charge in [0, 0.05) is 12.2 Å². The summed E-state index contributed by atoms with van der Waals surface area (Å²) >= 11 is 0. The second-order valence-corrected chi connectivity index (χ2v) is 4.15. The van der Waals surface area contributed by atoms with Crippen molar-refractivity contribution in [2.24, 2.45) is 0 Å². The third kappa shape index (κ3) is 6.03. The molecule has 4 heteroatoms. The maximum atomic E-state index is 11.5. The summed E-state index contributed by atoms with van der Waals surface area (Å²) in [5, 5.41) is 5.41. The van der Waals surface area contributed by atoms with Crippen LogP contribution in [0.3, 0.4) is 0 Å². The monoisotopic (exact) mass is 248 g/mol. The van der Waals surface area contributed by atoms with Crippen LogP contribution in [0.4, 0.5) is 5.69 Å². The zero-order valence-corrected chi connectivity index (χ0v) is 10.7. The van der Waals surface area contributed by atoms with Gasteiger partial charge in [0.25, 0.3) is 0 Å². The average molecular weight is 248 g/mol. The number of nitrogens with one attached hydrogen (secondary N) is 2. The lowest BCUT2D eigenvalue weighted by Crippen LogP contribution is -2.28. The van der Waals surface area contributed by atoms with E-state index in [0.717, 1.165) is 19.3 Å². The summed E-state index contributed by atoms with van der Waals surface area (Å²) in [6.45, 7) is 2.75. The van der Waals surface area contributed by atoms with E-state index in [0.29, 0.717) is 12.2 Å². The summed E-state index contributed by atoms with van der Waals surface area (Å²) in [5.41, 5.74) is 0.710. The molecule has 0 atom stereocenters. The fourth-order valence-electron chi connectivity index (χ4n) is 1.54. The first-order valence-electron chi connectivity index (χ1n) is 6.34. The van der Waals surface area contributed by atoms with Crippen LogP contribution in [0.2, 0.25) is 0 Å². The van der Waals surface area contributed by atoms with Crippen molar-refractivity contribution < 1.29 is 9.59 Å². The van der Waals surface area contributed by atoms with Crippen LogP contribution in [-0.4, -0.2) is 18.4 Å². The number of hydrogen-bond acceptors (Lipinski definition) is 2. The second kappa shape index (κ2) is 8.28. The number of carbonyl (C=O) groups is 2. The molecule has 0 bridgehead atoms. The highest BCUT2D eigenvalue weighted by molar-refractivity contribution is 6.03. The number of para-hydroxylation sites is 1. The summed E-state index contributed by atoms with van der Waals surface area (Å²) < 4.78 is 0. The van der Waals surface area contributed by atoms with E-state index < -0.39 is 0 Å². The molecule has 0 aliphatic rings. The normalized spacial score (nSPS) is 9.83. The van der Waals surface area contributed by atoms with Crippen molar-refractivity contribution in [2.45, 2.75) is 32.6 Å². The Hall–Kier alpha value is -1.84. The lowest BCUT2D eigenvalue weighted by molar-refractivity contribution is -0.126. The number of anilines is 1. The van der Waals surface area contributed by atoms with Gasteiger partial charge in [-0.25, -0.2) is 0 Å². The molecule has 4 nitrogen and oxygen atoms in total. The predicted octanol–water partition coefficient (Wildman–Crippen LogP) is 2.32. The zero-order valence-electron chi connectivity index (χ0n) is 10.7. The van der Waals surface area contributed by atoms with Crippen LogP contribution in [0.25, 0.3) is 0 Å². The molecule has 0 saturated carbocycles. The Morgan fingerprint density at radius 1 is 1.06 bits per heavy atom. The molecule has 0 aromatic heterocycles.